The first-order valence-electron chi connectivity index (χ1n) is 22.7. The van der Waals surface area contributed by atoms with Crippen LogP contribution in [0.5, 0.6) is 0 Å². The number of carboxylic acid groups (broad SMARTS) is 2. The zero-order valence-electron chi connectivity index (χ0n) is 35.1. The zero-order chi connectivity index (χ0) is 40.0. The van der Waals surface area contributed by atoms with Gasteiger partial charge in [-0.05, 0) is 25.7 Å². The van der Waals surface area contributed by atoms with Crippen LogP contribution < -0.4 is 0 Å². The van der Waals surface area contributed by atoms with E-state index in [1.54, 1.807) is 0 Å². The first-order chi connectivity index (χ1) is 26.1. The van der Waals surface area contributed by atoms with Gasteiger partial charge in [0.2, 0.25) is 0 Å². The third-order valence-electron chi connectivity index (χ3n) is 11.1. The van der Waals surface area contributed by atoms with E-state index < -0.39 is 32.7 Å². The molecule has 3 N–H and O–H groups in total. The van der Waals surface area contributed by atoms with Crippen molar-refractivity contribution >= 4 is 22.1 Å². The molecule has 0 spiro atoms. The summed E-state index contributed by atoms with van der Waals surface area (Å²) in [5.41, 5.74) is -2.28. The van der Waals surface area contributed by atoms with E-state index >= 15 is 0 Å². The van der Waals surface area contributed by atoms with Gasteiger partial charge in [0.1, 0.15) is 5.41 Å². The predicted octanol–water partition coefficient (Wildman–Crippen LogP) is 12.7. The lowest BCUT2D eigenvalue weighted by Crippen LogP contribution is -2.52. The lowest BCUT2D eigenvalue weighted by molar-refractivity contribution is -0.158. The van der Waals surface area contributed by atoms with Crippen molar-refractivity contribution in [3.05, 3.63) is 0 Å². The molecule has 0 radical (unpaired) electrons. The van der Waals surface area contributed by atoms with Crippen LogP contribution in [0.2, 0.25) is 0 Å². The highest BCUT2D eigenvalue weighted by atomic mass is 32.2. The highest BCUT2D eigenvalue weighted by molar-refractivity contribution is 7.87. The molecule has 322 valence electrons. The maximum absolute atomic E-state index is 12.5. The molecule has 0 heterocycles. The summed E-state index contributed by atoms with van der Waals surface area (Å²) in [6.45, 7) is 5.03. The largest absolute Gasteiger partial charge is 0.481 e. The second-order valence-corrected chi connectivity index (χ2v) is 17.5. The number of unbranched alkanes of at least 4 members (excludes halogenated alkanes) is 30. The second-order valence-electron chi connectivity index (χ2n) is 16.0. The summed E-state index contributed by atoms with van der Waals surface area (Å²) in [7, 11) is -5.21. The van der Waals surface area contributed by atoms with Gasteiger partial charge in [-0.25, -0.2) is 0 Å². The van der Waals surface area contributed by atoms with Gasteiger partial charge in [-0.1, -0.05) is 206 Å². The maximum Gasteiger partial charge on any atom is 0.325 e. The van der Waals surface area contributed by atoms with E-state index in [1.165, 1.54) is 167 Å². The Labute approximate surface area is 332 Å². The molecule has 0 aliphatic rings. The van der Waals surface area contributed by atoms with Gasteiger partial charge in [0.05, 0.1) is 0 Å². The van der Waals surface area contributed by atoms with E-state index in [2.05, 4.69) is 13.8 Å². The molecule has 0 aromatic rings. The fraction of sp³-hybridized carbons (Fsp3) is 0.955. The summed E-state index contributed by atoms with van der Waals surface area (Å²) in [6, 6.07) is 0. The molecular weight excluding hydrogens is 705 g/mol. The molecule has 0 rings (SSSR count). The van der Waals surface area contributed by atoms with Crippen LogP contribution in [0.3, 0.4) is 0 Å². The van der Waals surface area contributed by atoms with Gasteiger partial charge in [-0.2, -0.15) is 8.42 Å². The Balaban J connectivity index is 4.23. The van der Waals surface area contributed by atoms with Gasteiger partial charge in [0, 0.05) is 26.4 Å². The van der Waals surface area contributed by atoms with Crippen LogP contribution in [0.1, 0.15) is 232 Å². The van der Waals surface area contributed by atoms with E-state index in [4.69, 9.17) is 9.47 Å². The summed E-state index contributed by atoms with van der Waals surface area (Å²) >= 11 is 0. The average molecular weight is 791 g/mol. The minimum atomic E-state index is -5.21. The Morgan fingerprint density at radius 2 is 0.685 bits per heavy atom. The Hall–Kier alpha value is -1.23. The number of ether oxygens (including phenoxy) is 2. The van der Waals surface area contributed by atoms with Crippen LogP contribution >= 0.6 is 0 Å². The average Bonchev–Trinajstić information content (AvgIpc) is 3.12. The normalized spacial score (nSPS) is 12.7. The van der Waals surface area contributed by atoms with E-state index in [9.17, 15) is 32.8 Å². The van der Waals surface area contributed by atoms with Crippen molar-refractivity contribution in [1.82, 2.24) is 0 Å². The number of aliphatic carboxylic acids is 2. The lowest BCUT2D eigenvalue weighted by atomic mass is 9.78. The zero-order valence-corrected chi connectivity index (χ0v) is 36.0. The van der Waals surface area contributed by atoms with Gasteiger partial charge in [-0.3, -0.25) is 14.1 Å². The molecular formula is C44H86O9S. The first kappa shape index (κ1) is 52.8. The summed E-state index contributed by atoms with van der Waals surface area (Å²) in [4.78, 5) is 24.5. The van der Waals surface area contributed by atoms with Crippen molar-refractivity contribution in [2.24, 2.45) is 5.41 Å². The van der Waals surface area contributed by atoms with E-state index in [0.717, 1.165) is 38.5 Å². The van der Waals surface area contributed by atoms with E-state index in [-0.39, 0.29) is 26.1 Å². The summed E-state index contributed by atoms with van der Waals surface area (Å²) in [6.07, 6.45) is 39.4. The number of hydrogen-bond donors (Lipinski definition) is 3. The topological polar surface area (TPSA) is 147 Å². The molecule has 0 fully saturated rings. The SMILES string of the molecule is CCCCCCCCCCCCCCCCCCOCCC(CCOCCCCCCCCCCCCCCCCCC)(C(=O)O)C(C(=O)O)S(=O)(=O)O. The molecule has 54 heavy (non-hydrogen) atoms. The van der Waals surface area contributed by atoms with E-state index in [0.29, 0.717) is 13.2 Å². The van der Waals surface area contributed by atoms with E-state index in [1.807, 2.05) is 0 Å². The maximum atomic E-state index is 12.5. The van der Waals surface area contributed by atoms with Crippen molar-refractivity contribution < 1.29 is 42.2 Å². The smallest absolute Gasteiger partial charge is 0.325 e. The van der Waals surface area contributed by atoms with Crippen molar-refractivity contribution in [3.63, 3.8) is 0 Å². The quantitative estimate of drug-likeness (QED) is 0.0405. The number of rotatable bonds is 44. The third-order valence-corrected chi connectivity index (χ3v) is 12.4. The molecule has 10 heteroatoms. The third kappa shape index (κ3) is 30.0. The van der Waals surface area contributed by atoms with Crippen LogP contribution in [0, 0.1) is 5.41 Å². The van der Waals surface area contributed by atoms with Crippen LogP contribution in [-0.2, 0) is 29.2 Å². The molecule has 0 saturated heterocycles. The standard InChI is InChI=1S/C44H86O9S/c1-3-5-7-9-11-13-15-17-19-21-23-25-27-29-31-33-37-52-39-35-44(43(47)48,41(42(45)46)54(49,50)51)36-40-53-38-34-32-30-28-26-24-22-20-18-16-14-12-10-8-6-4-2/h41H,3-40H2,1-2H3,(H,45,46)(H,47,48)(H,49,50,51). The molecule has 1 atom stereocenters. The van der Waals surface area contributed by atoms with Crippen LogP contribution in [-0.4, -0.2) is 66.8 Å². The van der Waals surface area contributed by atoms with Gasteiger partial charge >= 0.3 is 11.9 Å². The Morgan fingerprint density at radius 1 is 0.444 bits per heavy atom. The minimum Gasteiger partial charge on any atom is -0.481 e. The molecule has 0 aromatic heterocycles. The van der Waals surface area contributed by atoms with Crippen LogP contribution in [0.25, 0.3) is 0 Å². The van der Waals surface area contributed by atoms with Gasteiger partial charge in [0.25, 0.3) is 10.1 Å². The molecule has 9 nitrogen and oxygen atoms in total. The fourth-order valence-corrected chi connectivity index (χ4v) is 8.74. The summed E-state index contributed by atoms with van der Waals surface area (Å²) in [5, 5.41) is 17.4. The predicted molar refractivity (Wildman–Crippen MR) is 223 cm³/mol. The Kier molecular flexibility index (Phi) is 36.5. The monoisotopic (exact) mass is 791 g/mol. The Bertz CT molecular complexity index is 914. The van der Waals surface area contributed by atoms with Gasteiger partial charge in [-0.15, -0.1) is 0 Å². The molecule has 0 aromatic carbocycles. The van der Waals surface area contributed by atoms with Crippen molar-refractivity contribution in [3.8, 4) is 0 Å². The molecule has 0 aliphatic heterocycles. The number of hydrogen-bond acceptors (Lipinski definition) is 6. The molecule has 1 unspecified atom stereocenters. The van der Waals surface area contributed by atoms with Crippen molar-refractivity contribution in [2.75, 3.05) is 26.4 Å². The highest BCUT2D eigenvalue weighted by Gasteiger charge is 2.55. The minimum absolute atomic E-state index is 0.122. The molecule has 0 amide bonds. The fourth-order valence-electron chi connectivity index (χ4n) is 7.58. The second kappa shape index (κ2) is 37.4. The lowest BCUT2D eigenvalue weighted by Gasteiger charge is -2.33. The summed E-state index contributed by atoms with van der Waals surface area (Å²) in [5.74, 6) is -3.49. The van der Waals surface area contributed by atoms with Crippen LogP contribution in [0.15, 0.2) is 0 Å². The Morgan fingerprint density at radius 3 is 0.889 bits per heavy atom. The molecule has 0 aliphatic carbocycles. The highest BCUT2D eigenvalue weighted by Crippen LogP contribution is 2.36. The van der Waals surface area contributed by atoms with Gasteiger partial charge < -0.3 is 19.7 Å². The van der Waals surface area contributed by atoms with Crippen molar-refractivity contribution in [2.45, 2.75) is 237 Å². The number of carbonyl (C=O) groups is 2. The van der Waals surface area contributed by atoms with Crippen molar-refractivity contribution in [1.29, 1.82) is 0 Å². The summed E-state index contributed by atoms with van der Waals surface area (Å²) < 4.78 is 45.4. The number of carboxylic acids is 2. The molecule has 0 bridgehead atoms. The van der Waals surface area contributed by atoms with Crippen LogP contribution in [0.4, 0.5) is 0 Å². The molecule has 0 saturated carbocycles. The van der Waals surface area contributed by atoms with Gasteiger partial charge in [0.15, 0.2) is 5.25 Å². The first-order valence-corrected chi connectivity index (χ1v) is 24.2.